The smallest absolute Gasteiger partial charge is 0.164 e. The fourth-order valence-electron chi connectivity index (χ4n) is 3.49. The lowest BCUT2D eigenvalue weighted by Gasteiger charge is -2.22. The highest BCUT2D eigenvalue weighted by Crippen LogP contribution is 2.24. The number of imidazole rings is 1. The van der Waals surface area contributed by atoms with Gasteiger partial charge >= 0.3 is 0 Å². The van der Waals surface area contributed by atoms with E-state index in [1.54, 1.807) is 0 Å². The first kappa shape index (κ1) is 14.4. The first-order valence-corrected chi connectivity index (χ1v) is 8.41. The van der Waals surface area contributed by atoms with Crippen molar-refractivity contribution in [1.29, 1.82) is 0 Å². The fourth-order valence-corrected chi connectivity index (χ4v) is 3.49. The van der Waals surface area contributed by atoms with Gasteiger partial charge in [-0.2, -0.15) is 0 Å². The van der Waals surface area contributed by atoms with Crippen LogP contribution in [0.2, 0.25) is 0 Å². The van der Waals surface area contributed by atoms with E-state index in [1.165, 1.54) is 18.4 Å². The Labute approximate surface area is 136 Å². The summed E-state index contributed by atoms with van der Waals surface area (Å²) in [7, 11) is 0. The molecule has 1 aromatic carbocycles. The van der Waals surface area contributed by atoms with Crippen molar-refractivity contribution in [3.8, 4) is 5.69 Å². The number of hydrogen-bond donors (Lipinski definition) is 1. The minimum absolute atomic E-state index is 0.657. The van der Waals surface area contributed by atoms with Gasteiger partial charge in [0.15, 0.2) is 5.65 Å². The van der Waals surface area contributed by atoms with Crippen LogP contribution in [-0.2, 0) is 6.42 Å². The van der Waals surface area contributed by atoms with Crippen molar-refractivity contribution in [3.05, 3.63) is 54.0 Å². The monoisotopic (exact) mass is 306 g/mol. The van der Waals surface area contributed by atoms with Gasteiger partial charge in [-0.3, -0.25) is 4.57 Å². The number of rotatable bonds is 3. The molecule has 1 atom stereocenters. The van der Waals surface area contributed by atoms with Crippen LogP contribution in [-0.4, -0.2) is 27.6 Å². The van der Waals surface area contributed by atoms with E-state index in [2.05, 4.69) is 52.1 Å². The van der Waals surface area contributed by atoms with Gasteiger partial charge in [0.1, 0.15) is 11.3 Å². The molecule has 4 nitrogen and oxygen atoms in total. The summed E-state index contributed by atoms with van der Waals surface area (Å²) in [5.41, 5.74) is 4.35. The molecule has 1 unspecified atom stereocenters. The number of hydrogen-bond acceptors (Lipinski definition) is 3. The van der Waals surface area contributed by atoms with Gasteiger partial charge in [0, 0.05) is 18.3 Å². The molecule has 2 aromatic heterocycles. The first-order chi connectivity index (χ1) is 11.3. The summed E-state index contributed by atoms with van der Waals surface area (Å²) in [5.74, 6) is 1.78. The molecule has 1 N–H and O–H groups in total. The molecular weight excluding hydrogens is 284 g/mol. The largest absolute Gasteiger partial charge is 0.316 e. The highest BCUT2D eigenvalue weighted by Gasteiger charge is 2.19. The second kappa shape index (κ2) is 6.13. The number of aryl methyl sites for hydroxylation is 1. The molecule has 1 saturated heterocycles. The van der Waals surface area contributed by atoms with Crippen LogP contribution in [0, 0.1) is 12.8 Å². The predicted molar refractivity (Wildman–Crippen MR) is 92.9 cm³/mol. The van der Waals surface area contributed by atoms with E-state index in [1.807, 2.05) is 12.3 Å². The molecular formula is C19H22N4. The van der Waals surface area contributed by atoms with Crippen LogP contribution in [0.3, 0.4) is 0 Å². The summed E-state index contributed by atoms with van der Waals surface area (Å²) in [5, 5.41) is 3.50. The number of fused-ring (bicyclic) bond motifs is 1. The van der Waals surface area contributed by atoms with Crippen LogP contribution in [0.15, 0.2) is 42.6 Å². The van der Waals surface area contributed by atoms with Crippen molar-refractivity contribution in [1.82, 2.24) is 19.9 Å². The maximum Gasteiger partial charge on any atom is 0.164 e. The van der Waals surface area contributed by atoms with E-state index in [4.69, 9.17) is 4.98 Å². The summed E-state index contributed by atoms with van der Waals surface area (Å²) >= 11 is 0. The molecule has 4 rings (SSSR count). The van der Waals surface area contributed by atoms with Crippen LogP contribution in [0.4, 0.5) is 0 Å². The van der Waals surface area contributed by atoms with Crippen molar-refractivity contribution >= 4 is 11.2 Å². The normalized spacial score (nSPS) is 18.4. The van der Waals surface area contributed by atoms with Gasteiger partial charge < -0.3 is 5.32 Å². The van der Waals surface area contributed by atoms with Gasteiger partial charge in [0.05, 0.1) is 0 Å². The number of aromatic nitrogens is 3. The molecule has 118 valence electrons. The maximum absolute atomic E-state index is 4.89. The van der Waals surface area contributed by atoms with Gasteiger partial charge in [-0.1, -0.05) is 12.1 Å². The van der Waals surface area contributed by atoms with E-state index in [0.717, 1.165) is 42.2 Å². The lowest BCUT2D eigenvalue weighted by atomic mass is 9.96. The molecule has 1 fully saturated rings. The molecule has 4 heteroatoms. The molecule has 3 heterocycles. The Morgan fingerprint density at radius 2 is 2.22 bits per heavy atom. The Balaban J connectivity index is 1.81. The highest BCUT2D eigenvalue weighted by molar-refractivity contribution is 5.73. The summed E-state index contributed by atoms with van der Waals surface area (Å²) in [6.45, 7) is 4.36. The van der Waals surface area contributed by atoms with E-state index in [-0.39, 0.29) is 0 Å². The van der Waals surface area contributed by atoms with Crippen LogP contribution in [0.5, 0.6) is 0 Å². The highest BCUT2D eigenvalue weighted by atomic mass is 15.1. The summed E-state index contributed by atoms with van der Waals surface area (Å²) in [6.07, 6.45) is 5.38. The van der Waals surface area contributed by atoms with E-state index in [9.17, 15) is 0 Å². The number of nitrogens with one attached hydrogen (secondary N) is 1. The Hall–Kier alpha value is -2.20. The first-order valence-electron chi connectivity index (χ1n) is 8.41. The third-order valence-electron chi connectivity index (χ3n) is 4.62. The summed E-state index contributed by atoms with van der Waals surface area (Å²) in [6, 6.07) is 12.6. The number of nitrogens with zero attached hydrogens (tertiary/aromatic N) is 3. The molecule has 3 aromatic rings. The minimum Gasteiger partial charge on any atom is -0.316 e. The second-order valence-corrected chi connectivity index (χ2v) is 6.47. The van der Waals surface area contributed by atoms with Gasteiger partial charge in [-0.15, -0.1) is 0 Å². The fraction of sp³-hybridized carbons (Fsp3) is 0.368. The quantitative estimate of drug-likeness (QED) is 0.807. The molecule has 0 amide bonds. The third kappa shape index (κ3) is 2.86. The van der Waals surface area contributed by atoms with Crippen molar-refractivity contribution in [2.75, 3.05) is 13.1 Å². The van der Waals surface area contributed by atoms with Crippen LogP contribution in [0.1, 0.15) is 24.2 Å². The predicted octanol–water partition coefficient (Wildman–Crippen LogP) is 3.27. The SMILES string of the molecule is Cc1cccc(-n2c(CC3CCCNC3)nc3cccnc32)c1. The van der Waals surface area contributed by atoms with Gasteiger partial charge in [0.25, 0.3) is 0 Å². The third-order valence-corrected chi connectivity index (χ3v) is 4.62. The van der Waals surface area contributed by atoms with Crippen molar-refractivity contribution in [2.45, 2.75) is 26.2 Å². The average Bonchev–Trinajstić information content (AvgIpc) is 2.93. The molecule has 0 radical (unpaired) electrons. The van der Waals surface area contributed by atoms with Gasteiger partial charge in [-0.05, 0) is 68.6 Å². The zero-order valence-electron chi connectivity index (χ0n) is 13.5. The minimum atomic E-state index is 0.657. The number of piperidine rings is 1. The maximum atomic E-state index is 4.89. The second-order valence-electron chi connectivity index (χ2n) is 6.47. The Morgan fingerprint density at radius 1 is 1.26 bits per heavy atom. The van der Waals surface area contributed by atoms with E-state index in [0.29, 0.717) is 5.92 Å². The molecule has 0 spiro atoms. The molecule has 23 heavy (non-hydrogen) atoms. The average molecular weight is 306 g/mol. The lowest BCUT2D eigenvalue weighted by molar-refractivity contribution is 0.370. The summed E-state index contributed by atoms with van der Waals surface area (Å²) in [4.78, 5) is 9.47. The van der Waals surface area contributed by atoms with Crippen LogP contribution < -0.4 is 5.32 Å². The molecule has 0 bridgehead atoms. The van der Waals surface area contributed by atoms with Crippen LogP contribution >= 0.6 is 0 Å². The summed E-state index contributed by atoms with van der Waals surface area (Å²) < 4.78 is 2.23. The standard InChI is InChI=1S/C19H22N4/c1-14-5-2-7-16(11-14)23-18(12-15-6-3-9-20-13-15)22-17-8-4-10-21-19(17)23/h2,4-5,7-8,10-11,15,20H,3,6,9,12-13H2,1H3. The zero-order valence-corrected chi connectivity index (χ0v) is 13.5. The Kier molecular flexibility index (Phi) is 3.83. The van der Waals surface area contributed by atoms with Crippen molar-refractivity contribution < 1.29 is 0 Å². The van der Waals surface area contributed by atoms with Crippen molar-refractivity contribution in [2.24, 2.45) is 5.92 Å². The Bertz CT molecular complexity index is 815. The number of benzene rings is 1. The van der Waals surface area contributed by atoms with E-state index >= 15 is 0 Å². The lowest BCUT2D eigenvalue weighted by Crippen LogP contribution is -2.31. The zero-order chi connectivity index (χ0) is 15.6. The number of pyridine rings is 1. The van der Waals surface area contributed by atoms with Crippen LogP contribution in [0.25, 0.3) is 16.9 Å². The van der Waals surface area contributed by atoms with Crippen molar-refractivity contribution in [3.63, 3.8) is 0 Å². The molecule has 0 aliphatic carbocycles. The molecule has 1 aliphatic rings. The van der Waals surface area contributed by atoms with Gasteiger partial charge in [-0.25, -0.2) is 9.97 Å². The molecule has 1 aliphatic heterocycles. The topological polar surface area (TPSA) is 42.7 Å². The molecule has 0 saturated carbocycles. The van der Waals surface area contributed by atoms with E-state index < -0.39 is 0 Å². The van der Waals surface area contributed by atoms with Gasteiger partial charge in [0.2, 0.25) is 0 Å². The Morgan fingerprint density at radius 3 is 3.04 bits per heavy atom.